The fourth-order valence-corrected chi connectivity index (χ4v) is 1.35. The van der Waals surface area contributed by atoms with Crippen molar-refractivity contribution in [1.82, 2.24) is 10.6 Å². The van der Waals surface area contributed by atoms with Crippen LogP contribution in [0, 0.1) is 0 Å². The Hall–Kier alpha value is -1.10. The maximum absolute atomic E-state index is 11.7. The zero-order chi connectivity index (χ0) is 12.7. The lowest BCUT2D eigenvalue weighted by Crippen LogP contribution is -2.51. The second-order valence-electron chi connectivity index (χ2n) is 4.03. The molecule has 0 spiro atoms. The monoisotopic (exact) mass is 229 g/mol. The van der Waals surface area contributed by atoms with Gasteiger partial charge in [-0.25, -0.2) is 0 Å². The van der Waals surface area contributed by atoms with Crippen LogP contribution in [0.2, 0.25) is 0 Å². The molecule has 0 bridgehead atoms. The average molecular weight is 229 g/mol. The average Bonchev–Trinajstić information content (AvgIpc) is 2.24. The molecule has 0 saturated carbocycles. The van der Waals surface area contributed by atoms with Crippen LogP contribution in [0.4, 0.5) is 0 Å². The largest absolute Gasteiger partial charge is 0.368 e. The van der Waals surface area contributed by atoms with E-state index in [2.05, 4.69) is 10.6 Å². The van der Waals surface area contributed by atoms with Crippen molar-refractivity contribution < 1.29 is 9.59 Å². The Balaban J connectivity index is 4.13. The SMILES string of the molecule is CCC(CC)NC(=O)C(C)NC(C)C(N)=O. The van der Waals surface area contributed by atoms with Gasteiger partial charge in [-0.2, -0.15) is 0 Å². The van der Waals surface area contributed by atoms with Crippen LogP contribution >= 0.6 is 0 Å². The first-order valence-electron chi connectivity index (χ1n) is 5.78. The molecule has 5 nitrogen and oxygen atoms in total. The molecule has 16 heavy (non-hydrogen) atoms. The summed E-state index contributed by atoms with van der Waals surface area (Å²) in [5, 5.41) is 5.75. The predicted octanol–water partition coefficient (Wildman–Crippen LogP) is 0.143. The number of rotatable bonds is 7. The van der Waals surface area contributed by atoms with E-state index in [1.807, 2.05) is 13.8 Å². The van der Waals surface area contributed by atoms with E-state index in [4.69, 9.17) is 5.73 Å². The smallest absolute Gasteiger partial charge is 0.237 e. The van der Waals surface area contributed by atoms with Crippen LogP contribution in [-0.4, -0.2) is 29.9 Å². The normalized spacial score (nSPS) is 14.6. The van der Waals surface area contributed by atoms with Crippen LogP contribution in [0.15, 0.2) is 0 Å². The second-order valence-corrected chi connectivity index (χ2v) is 4.03. The highest BCUT2D eigenvalue weighted by molar-refractivity contribution is 5.84. The maximum Gasteiger partial charge on any atom is 0.237 e. The Morgan fingerprint density at radius 3 is 2.00 bits per heavy atom. The van der Waals surface area contributed by atoms with Crippen molar-refractivity contribution in [2.75, 3.05) is 0 Å². The number of nitrogens with one attached hydrogen (secondary N) is 2. The highest BCUT2D eigenvalue weighted by atomic mass is 16.2. The zero-order valence-corrected chi connectivity index (χ0v) is 10.5. The molecule has 0 aliphatic carbocycles. The molecule has 0 saturated heterocycles. The lowest BCUT2D eigenvalue weighted by Gasteiger charge is -2.21. The molecule has 2 amide bonds. The van der Waals surface area contributed by atoms with Crippen LogP contribution in [0.5, 0.6) is 0 Å². The van der Waals surface area contributed by atoms with Gasteiger partial charge in [-0.05, 0) is 26.7 Å². The molecule has 0 aromatic rings. The first-order valence-corrected chi connectivity index (χ1v) is 5.78. The van der Waals surface area contributed by atoms with E-state index >= 15 is 0 Å². The number of nitrogens with two attached hydrogens (primary N) is 1. The van der Waals surface area contributed by atoms with Crippen molar-refractivity contribution in [3.63, 3.8) is 0 Å². The number of hydrogen-bond acceptors (Lipinski definition) is 3. The van der Waals surface area contributed by atoms with Gasteiger partial charge in [0, 0.05) is 6.04 Å². The van der Waals surface area contributed by atoms with E-state index in [9.17, 15) is 9.59 Å². The Labute approximate surface area is 97.2 Å². The lowest BCUT2D eigenvalue weighted by molar-refractivity contribution is -0.124. The van der Waals surface area contributed by atoms with Gasteiger partial charge in [0.1, 0.15) is 0 Å². The van der Waals surface area contributed by atoms with Gasteiger partial charge < -0.3 is 11.1 Å². The van der Waals surface area contributed by atoms with Crippen molar-refractivity contribution in [3.8, 4) is 0 Å². The van der Waals surface area contributed by atoms with E-state index in [1.165, 1.54) is 0 Å². The summed E-state index contributed by atoms with van der Waals surface area (Å²) in [4.78, 5) is 22.5. The summed E-state index contributed by atoms with van der Waals surface area (Å²) >= 11 is 0. The molecule has 0 radical (unpaired) electrons. The van der Waals surface area contributed by atoms with Crippen molar-refractivity contribution in [2.45, 2.75) is 58.7 Å². The van der Waals surface area contributed by atoms with E-state index in [0.29, 0.717) is 0 Å². The molecule has 4 N–H and O–H groups in total. The summed E-state index contributed by atoms with van der Waals surface area (Å²) in [5.41, 5.74) is 5.10. The summed E-state index contributed by atoms with van der Waals surface area (Å²) in [6.07, 6.45) is 1.81. The standard InChI is InChI=1S/C11H23N3O2/c1-5-9(6-2)14-11(16)8(4)13-7(3)10(12)15/h7-9,13H,5-6H2,1-4H3,(H2,12,15)(H,14,16). The summed E-state index contributed by atoms with van der Waals surface area (Å²) in [5.74, 6) is -0.552. The van der Waals surface area contributed by atoms with Gasteiger partial charge in [0.25, 0.3) is 0 Å². The van der Waals surface area contributed by atoms with E-state index in [-0.39, 0.29) is 11.9 Å². The summed E-state index contributed by atoms with van der Waals surface area (Å²) in [6.45, 7) is 7.41. The molecule has 0 aliphatic rings. The molecular weight excluding hydrogens is 206 g/mol. The third-order valence-electron chi connectivity index (χ3n) is 2.65. The van der Waals surface area contributed by atoms with Crippen LogP contribution in [0.25, 0.3) is 0 Å². The molecule has 0 aliphatic heterocycles. The Kier molecular flexibility index (Phi) is 6.72. The van der Waals surface area contributed by atoms with E-state index in [0.717, 1.165) is 12.8 Å². The summed E-state index contributed by atoms with van der Waals surface area (Å²) in [7, 11) is 0. The maximum atomic E-state index is 11.7. The number of carbonyl (C=O) groups is 2. The second kappa shape index (κ2) is 7.22. The van der Waals surface area contributed by atoms with E-state index in [1.54, 1.807) is 13.8 Å². The third-order valence-corrected chi connectivity index (χ3v) is 2.65. The van der Waals surface area contributed by atoms with Crippen LogP contribution in [-0.2, 0) is 9.59 Å². The van der Waals surface area contributed by atoms with Crippen molar-refractivity contribution >= 4 is 11.8 Å². The van der Waals surface area contributed by atoms with Gasteiger partial charge in [0.15, 0.2) is 0 Å². The van der Waals surface area contributed by atoms with Crippen molar-refractivity contribution in [1.29, 1.82) is 0 Å². The van der Waals surface area contributed by atoms with Crippen molar-refractivity contribution in [3.05, 3.63) is 0 Å². The molecule has 0 heterocycles. The quantitative estimate of drug-likeness (QED) is 0.580. The molecule has 2 unspecified atom stereocenters. The Morgan fingerprint density at radius 1 is 1.12 bits per heavy atom. The minimum atomic E-state index is -0.498. The van der Waals surface area contributed by atoms with E-state index < -0.39 is 18.0 Å². The molecule has 0 aromatic carbocycles. The predicted molar refractivity (Wildman–Crippen MR) is 63.8 cm³/mol. The summed E-state index contributed by atoms with van der Waals surface area (Å²) in [6, 6.07) is -0.716. The Bertz CT molecular complexity index is 239. The minimum absolute atomic E-state index is 0.0956. The molecule has 0 rings (SSSR count). The van der Waals surface area contributed by atoms with Gasteiger partial charge in [0.2, 0.25) is 11.8 Å². The molecule has 0 fully saturated rings. The van der Waals surface area contributed by atoms with Gasteiger partial charge in [-0.1, -0.05) is 13.8 Å². The van der Waals surface area contributed by atoms with Gasteiger partial charge in [0.05, 0.1) is 12.1 Å². The summed E-state index contributed by atoms with van der Waals surface area (Å²) < 4.78 is 0. The number of carbonyl (C=O) groups excluding carboxylic acids is 2. The number of hydrogen-bond donors (Lipinski definition) is 3. The molecule has 94 valence electrons. The fourth-order valence-electron chi connectivity index (χ4n) is 1.35. The molecule has 0 aromatic heterocycles. The van der Waals surface area contributed by atoms with Crippen LogP contribution in [0.3, 0.4) is 0 Å². The fraction of sp³-hybridized carbons (Fsp3) is 0.818. The number of primary amides is 1. The Morgan fingerprint density at radius 2 is 1.62 bits per heavy atom. The van der Waals surface area contributed by atoms with Crippen LogP contribution in [0.1, 0.15) is 40.5 Å². The van der Waals surface area contributed by atoms with Gasteiger partial charge in [-0.15, -0.1) is 0 Å². The first kappa shape index (κ1) is 14.9. The molecule has 2 atom stereocenters. The third kappa shape index (κ3) is 5.11. The highest BCUT2D eigenvalue weighted by Crippen LogP contribution is 1.97. The van der Waals surface area contributed by atoms with Gasteiger partial charge in [-0.3, -0.25) is 14.9 Å². The molecule has 5 heteroatoms. The highest BCUT2D eigenvalue weighted by Gasteiger charge is 2.19. The molecular formula is C11H23N3O2. The zero-order valence-electron chi connectivity index (χ0n) is 10.5. The first-order chi connectivity index (χ1) is 7.42. The minimum Gasteiger partial charge on any atom is -0.368 e. The van der Waals surface area contributed by atoms with Crippen molar-refractivity contribution in [2.24, 2.45) is 5.73 Å². The number of amides is 2. The van der Waals surface area contributed by atoms with Crippen LogP contribution < -0.4 is 16.4 Å². The lowest BCUT2D eigenvalue weighted by atomic mass is 10.1. The van der Waals surface area contributed by atoms with Gasteiger partial charge >= 0.3 is 0 Å². The topological polar surface area (TPSA) is 84.2 Å².